The second-order valence-corrected chi connectivity index (χ2v) is 7.75. The predicted octanol–water partition coefficient (Wildman–Crippen LogP) is 6.26. The molecule has 1 unspecified atom stereocenters. The molecular weight excluding hydrogens is 403 g/mol. The minimum atomic E-state index is -0.327. The third-order valence-electron chi connectivity index (χ3n) is 5.64. The van der Waals surface area contributed by atoms with Crippen LogP contribution < -0.4 is 0 Å². The highest BCUT2D eigenvalue weighted by atomic mass is 35.5. The molecule has 1 aliphatic rings. The number of hydrogen-bond donors (Lipinski definition) is 0. The van der Waals surface area contributed by atoms with E-state index in [4.69, 9.17) is 16.1 Å². The molecule has 0 bridgehead atoms. The maximum absolute atomic E-state index is 13.2. The van der Waals surface area contributed by atoms with Crippen LogP contribution in [0.5, 0.6) is 0 Å². The van der Waals surface area contributed by atoms with E-state index in [1.807, 2.05) is 19.1 Å². The second-order valence-electron chi connectivity index (χ2n) is 7.31. The fraction of sp³-hybridized carbons (Fsp3) is 0.333. The molecule has 158 valence electrons. The number of carbonyl (C=O) groups is 1. The van der Waals surface area contributed by atoms with Crippen LogP contribution in [0.3, 0.4) is 0 Å². The Labute approximate surface area is 181 Å². The first kappa shape index (κ1) is 22.2. The molecule has 0 aliphatic carbocycles. The van der Waals surface area contributed by atoms with Crippen LogP contribution in [-0.4, -0.2) is 35.0 Å². The van der Waals surface area contributed by atoms with Crippen molar-refractivity contribution in [3.05, 3.63) is 77.7 Å². The number of carbonyl (C=O) groups excluding carboxylic acids is 1. The minimum Gasteiger partial charge on any atom is -0.356 e. The molecular formula is C24H26ClFN2O2. The molecule has 2 heterocycles. The standard InChI is InChI=1S/C22H22ClFN2O2.C2H4/c1-2-19(22(27)15-3-6-17(24)7-4-15)26-11-9-14(10-12-26)21-18-8-5-16(23)13-20(18)28-25-21;1-2/h3-8,13-14,19H,2,9-12H2,1H3;1-2H2. The van der Waals surface area contributed by atoms with Gasteiger partial charge < -0.3 is 4.52 Å². The lowest BCUT2D eigenvalue weighted by molar-refractivity contribution is 0.0761. The van der Waals surface area contributed by atoms with Crippen LogP contribution in [-0.2, 0) is 0 Å². The number of halogens is 2. The van der Waals surface area contributed by atoms with Gasteiger partial charge in [-0.25, -0.2) is 4.39 Å². The van der Waals surface area contributed by atoms with Crippen LogP contribution in [0.4, 0.5) is 4.39 Å². The van der Waals surface area contributed by atoms with Gasteiger partial charge in [0.25, 0.3) is 0 Å². The van der Waals surface area contributed by atoms with Gasteiger partial charge in [-0.3, -0.25) is 9.69 Å². The van der Waals surface area contributed by atoms with E-state index in [1.54, 1.807) is 18.2 Å². The third-order valence-corrected chi connectivity index (χ3v) is 5.87. The highest BCUT2D eigenvalue weighted by molar-refractivity contribution is 6.31. The van der Waals surface area contributed by atoms with Gasteiger partial charge >= 0.3 is 0 Å². The van der Waals surface area contributed by atoms with Gasteiger partial charge in [-0.15, -0.1) is 13.2 Å². The summed E-state index contributed by atoms with van der Waals surface area (Å²) < 4.78 is 18.6. The third kappa shape index (κ3) is 4.63. The van der Waals surface area contributed by atoms with Crippen LogP contribution in [0.25, 0.3) is 11.0 Å². The SMILES string of the molecule is C=C.CCC(C(=O)c1ccc(F)cc1)N1CCC(c2noc3cc(Cl)ccc23)CC1. The van der Waals surface area contributed by atoms with Gasteiger partial charge in [-0.05, 0) is 68.8 Å². The summed E-state index contributed by atoms with van der Waals surface area (Å²) in [7, 11) is 0. The van der Waals surface area contributed by atoms with E-state index < -0.39 is 0 Å². The molecule has 0 radical (unpaired) electrons. The van der Waals surface area contributed by atoms with Gasteiger partial charge in [0.05, 0.1) is 11.7 Å². The van der Waals surface area contributed by atoms with Crippen LogP contribution in [0.1, 0.15) is 48.2 Å². The lowest BCUT2D eigenvalue weighted by Gasteiger charge is -2.36. The number of hydrogen-bond acceptors (Lipinski definition) is 4. The zero-order chi connectivity index (χ0) is 21.7. The molecule has 0 spiro atoms. The Morgan fingerprint density at radius 2 is 1.90 bits per heavy atom. The number of nitrogens with zero attached hydrogens (tertiary/aromatic N) is 2. The van der Waals surface area contributed by atoms with Crippen molar-refractivity contribution in [3.63, 3.8) is 0 Å². The Morgan fingerprint density at radius 3 is 2.53 bits per heavy atom. The highest BCUT2D eigenvalue weighted by Crippen LogP contribution is 2.34. The smallest absolute Gasteiger partial charge is 0.179 e. The van der Waals surface area contributed by atoms with Gasteiger partial charge in [0.15, 0.2) is 11.4 Å². The first-order chi connectivity index (χ1) is 14.6. The maximum Gasteiger partial charge on any atom is 0.179 e. The summed E-state index contributed by atoms with van der Waals surface area (Å²) in [5.74, 6) is 0.0334. The Bertz CT molecular complexity index is 994. The van der Waals surface area contributed by atoms with Gasteiger partial charge in [0, 0.05) is 28.0 Å². The summed E-state index contributed by atoms with van der Waals surface area (Å²) in [6.45, 7) is 9.66. The summed E-state index contributed by atoms with van der Waals surface area (Å²) in [5, 5.41) is 5.93. The molecule has 1 fully saturated rings. The summed E-state index contributed by atoms with van der Waals surface area (Å²) in [5.41, 5.74) is 2.25. The summed E-state index contributed by atoms with van der Waals surface area (Å²) in [6, 6.07) is 11.2. The van der Waals surface area contributed by atoms with Crippen molar-refractivity contribution in [2.75, 3.05) is 13.1 Å². The Morgan fingerprint density at radius 1 is 1.23 bits per heavy atom. The molecule has 3 aromatic rings. The number of likely N-dealkylation sites (tertiary alicyclic amines) is 1. The zero-order valence-electron chi connectivity index (χ0n) is 17.1. The molecule has 1 aliphatic heterocycles. The van der Waals surface area contributed by atoms with Crippen molar-refractivity contribution < 1.29 is 13.7 Å². The molecule has 1 atom stereocenters. The Kier molecular flexibility index (Phi) is 7.40. The van der Waals surface area contributed by atoms with Crippen molar-refractivity contribution in [1.29, 1.82) is 0 Å². The van der Waals surface area contributed by atoms with E-state index in [0.29, 0.717) is 22.1 Å². The van der Waals surface area contributed by atoms with Crippen molar-refractivity contribution in [3.8, 4) is 0 Å². The monoisotopic (exact) mass is 428 g/mol. The molecule has 0 amide bonds. The maximum atomic E-state index is 13.2. The average Bonchev–Trinajstić information content (AvgIpc) is 3.19. The molecule has 1 saturated heterocycles. The van der Waals surface area contributed by atoms with Crippen LogP contribution in [0.15, 0.2) is 60.1 Å². The summed E-state index contributed by atoms with van der Waals surface area (Å²) >= 11 is 6.03. The molecule has 6 heteroatoms. The van der Waals surface area contributed by atoms with Gasteiger partial charge in [0.2, 0.25) is 0 Å². The van der Waals surface area contributed by atoms with Gasteiger partial charge in [-0.1, -0.05) is 23.7 Å². The molecule has 0 saturated carbocycles. The largest absolute Gasteiger partial charge is 0.356 e. The van der Waals surface area contributed by atoms with Crippen molar-refractivity contribution >= 4 is 28.4 Å². The number of ketones is 1. The Balaban J connectivity index is 0.00000124. The highest BCUT2D eigenvalue weighted by Gasteiger charge is 2.31. The topological polar surface area (TPSA) is 46.3 Å². The number of fused-ring (bicyclic) bond motifs is 1. The van der Waals surface area contributed by atoms with E-state index in [2.05, 4.69) is 23.2 Å². The Hall–Kier alpha value is -2.50. The van der Waals surface area contributed by atoms with Gasteiger partial charge in [-0.2, -0.15) is 0 Å². The quantitative estimate of drug-likeness (QED) is 0.355. The number of piperidine rings is 1. The molecule has 4 nitrogen and oxygen atoms in total. The summed E-state index contributed by atoms with van der Waals surface area (Å²) in [6.07, 6.45) is 2.56. The second kappa shape index (κ2) is 10.0. The molecule has 0 N–H and O–H groups in total. The van der Waals surface area contributed by atoms with Gasteiger partial charge in [0.1, 0.15) is 5.82 Å². The van der Waals surface area contributed by atoms with Crippen molar-refractivity contribution in [1.82, 2.24) is 10.1 Å². The number of Topliss-reactive ketones (excluding diaryl/α,β-unsaturated/α-hetero) is 1. The first-order valence-electron chi connectivity index (χ1n) is 10.2. The minimum absolute atomic E-state index is 0.0578. The van der Waals surface area contributed by atoms with E-state index in [9.17, 15) is 9.18 Å². The van der Waals surface area contributed by atoms with Crippen LogP contribution >= 0.6 is 11.6 Å². The number of benzene rings is 2. The average molecular weight is 429 g/mol. The number of aromatic nitrogens is 1. The normalized spacial score (nSPS) is 16.1. The number of rotatable bonds is 5. The lowest BCUT2D eigenvalue weighted by atomic mass is 9.89. The zero-order valence-corrected chi connectivity index (χ0v) is 17.9. The van der Waals surface area contributed by atoms with Crippen LogP contribution in [0, 0.1) is 5.82 Å². The van der Waals surface area contributed by atoms with Crippen LogP contribution in [0.2, 0.25) is 5.02 Å². The van der Waals surface area contributed by atoms with Crippen molar-refractivity contribution in [2.45, 2.75) is 38.1 Å². The van der Waals surface area contributed by atoms with Crippen molar-refractivity contribution in [2.24, 2.45) is 0 Å². The summed E-state index contributed by atoms with van der Waals surface area (Å²) in [4.78, 5) is 15.1. The van der Waals surface area contributed by atoms with E-state index >= 15 is 0 Å². The predicted molar refractivity (Wildman–Crippen MR) is 119 cm³/mol. The fourth-order valence-corrected chi connectivity index (χ4v) is 4.29. The van der Waals surface area contributed by atoms with E-state index in [-0.39, 0.29) is 17.6 Å². The molecule has 1 aromatic heterocycles. The molecule has 4 rings (SSSR count). The van der Waals surface area contributed by atoms with E-state index in [1.165, 1.54) is 12.1 Å². The molecule has 2 aromatic carbocycles. The first-order valence-corrected chi connectivity index (χ1v) is 10.5. The lowest BCUT2D eigenvalue weighted by Crippen LogP contribution is -2.45. The van der Waals surface area contributed by atoms with E-state index in [0.717, 1.165) is 43.4 Å². The fourth-order valence-electron chi connectivity index (χ4n) is 4.13. The molecule has 30 heavy (non-hydrogen) atoms.